The molecule has 3 fully saturated rings. The van der Waals surface area contributed by atoms with Gasteiger partial charge in [-0.15, -0.1) is 0 Å². The average molecular weight is 387 g/mol. The molecule has 6 rings (SSSR count). The van der Waals surface area contributed by atoms with Crippen LogP contribution in [0.15, 0.2) is 12.1 Å². The number of rotatable bonds is 3. The number of piperidine rings is 1. The molecule has 2 saturated heterocycles. The van der Waals surface area contributed by atoms with Gasteiger partial charge in [-0.05, 0) is 30.9 Å². The summed E-state index contributed by atoms with van der Waals surface area (Å²) in [5.74, 6) is -0.0670. The van der Waals surface area contributed by atoms with Crippen molar-refractivity contribution in [2.45, 2.75) is 61.6 Å². The third-order valence-corrected chi connectivity index (χ3v) is 7.96. The van der Waals surface area contributed by atoms with Crippen LogP contribution in [0.1, 0.15) is 37.3 Å². The highest BCUT2D eigenvalue weighted by Gasteiger charge is 2.79. The average Bonchev–Trinajstić information content (AvgIpc) is 3.15. The summed E-state index contributed by atoms with van der Waals surface area (Å²) in [5.41, 5.74) is 1.72. The molecule has 5 aliphatic rings. The molecule has 3 aliphatic heterocycles. The number of benzene rings is 1. The van der Waals surface area contributed by atoms with Crippen molar-refractivity contribution in [2.24, 2.45) is 0 Å². The molecule has 2 aliphatic carbocycles. The van der Waals surface area contributed by atoms with Crippen molar-refractivity contribution in [3.8, 4) is 11.5 Å². The summed E-state index contributed by atoms with van der Waals surface area (Å²) >= 11 is 0. The molecule has 3 heterocycles. The second kappa shape index (κ2) is 5.27. The molecular weight excluding hydrogens is 362 g/mol. The lowest BCUT2D eigenvalue weighted by Gasteiger charge is -2.62. The Morgan fingerprint density at radius 3 is 2.79 bits per heavy atom. The molecule has 5 atom stereocenters. The Bertz CT molecular complexity index is 882. The van der Waals surface area contributed by atoms with E-state index in [2.05, 4.69) is 11.0 Å². The SMILES string of the molecule is COC1(OC)CCC23OCN4CCC25c2c(ccc(OC(C)=O)c2OC15)CC43. The molecule has 0 amide bonds. The molecule has 1 aromatic rings. The van der Waals surface area contributed by atoms with Crippen molar-refractivity contribution in [1.29, 1.82) is 0 Å². The summed E-state index contributed by atoms with van der Waals surface area (Å²) in [6, 6.07) is 4.28. The van der Waals surface area contributed by atoms with Gasteiger partial charge in [0.1, 0.15) is 6.73 Å². The first-order valence-corrected chi connectivity index (χ1v) is 10.0. The highest BCUT2D eigenvalue weighted by Crippen LogP contribution is 2.70. The predicted octanol–water partition coefficient (Wildman–Crippen LogP) is 1.75. The third-order valence-electron chi connectivity index (χ3n) is 7.96. The van der Waals surface area contributed by atoms with Crippen LogP contribution in [0.5, 0.6) is 11.5 Å². The third kappa shape index (κ3) is 1.66. The van der Waals surface area contributed by atoms with Crippen LogP contribution >= 0.6 is 0 Å². The largest absolute Gasteiger partial charge is 0.479 e. The number of carbonyl (C=O) groups is 1. The summed E-state index contributed by atoms with van der Waals surface area (Å²) in [6.07, 6.45) is 3.03. The topological polar surface area (TPSA) is 66.5 Å². The van der Waals surface area contributed by atoms with Crippen LogP contribution in [0.4, 0.5) is 0 Å². The summed E-state index contributed by atoms with van der Waals surface area (Å²) in [5, 5.41) is 0. The Kier molecular flexibility index (Phi) is 3.24. The lowest BCUT2D eigenvalue weighted by Crippen LogP contribution is -2.77. The number of hydrogen-bond donors (Lipinski definition) is 0. The van der Waals surface area contributed by atoms with Crippen molar-refractivity contribution >= 4 is 5.97 Å². The number of ether oxygens (including phenoxy) is 5. The second-order valence-electron chi connectivity index (χ2n) is 8.66. The summed E-state index contributed by atoms with van der Waals surface area (Å²) in [4.78, 5) is 14.2. The van der Waals surface area contributed by atoms with Crippen LogP contribution < -0.4 is 9.47 Å². The van der Waals surface area contributed by atoms with Crippen LogP contribution in [0.2, 0.25) is 0 Å². The maximum Gasteiger partial charge on any atom is 0.308 e. The van der Waals surface area contributed by atoms with Gasteiger partial charge < -0.3 is 23.7 Å². The van der Waals surface area contributed by atoms with Gasteiger partial charge in [-0.3, -0.25) is 9.69 Å². The maximum absolute atomic E-state index is 11.7. The Hall–Kier alpha value is -1.67. The highest BCUT2D eigenvalue weighted by atomic mass is 16.7. The number of nitrogens with zero attached hydrogens (tertiary/aromatic N) is 1. The van der Waals surface area contributed by atoms with Crippen molar-refractivity contribution in [3.05, 3.63) is 23.3 Å². The van der Waals surface area contributed by atoms with Crippen LogP contribution in [0, 0.1) is 0 Å². The second-order valence-corrected chi connectivity index (χ2v) is 8.66. The van der Waals surface area contributed by atoms with Gasteiger partial charge in [0, 0.05) is 45.7 Å². The van der Waals surface area contributed by atoms with E-state index >= 15 is 0 Å². The Labute approximate surface area is 163 Å². The lowest BCUT2D eigenvalue weighted by atomic mass is 9.48. The van der Waals surface area contributed by atoms with Gasteiger partial charge in [-0.2, -0.15) is 0 Å². The Morgan fingerprint density at radius 2 is 2.04 bits per heavy atom. The van der Waals surface area contributed by atoms with E-state index in [-0.39, 0.29) is 23.1 Å². The summed E-state index contributed by atoms with van der Waals surface area (Å²) in [6.45, 7) is 3.02. The molecule has 1 saturated carbocycles. The van der Waals surface area contributed by atoms with E-state index in [0.717, 1.165) is 31.4 Å². The molecule has 7 nitrogen and oxygen atoms in total. The number of hydrogen-bond acceptors (Lipinski definition) is 7. The van der Waals surface area contributed by atoms with Gasteiger partial charge in [-0.1, -0.05) is 6.07 Å². The van der Waals surface area contributed by atoms with E-state index in [1.54, 1.807) is 14.2 Å². The fourth-order valence-corrected chi connectivity index (χ4v) is 6.93. The molecule has 7 heteroatoms. The minimum atomic E-state index is -0.856. The zero-order valence-corrected chi connectivity index (χ0v) is 16.4. The molecule has 4 bridgehead atoms. The fourth-order valence-electron chi connectivity index (χ4n) is 6.93. The summed E-state index contributed by atoms with van der Waals surface area (Å²) < 4.78 is 30.7. The maximum atomic E-state index is 11.7. The monoisotopic (exact) mass is 387 g/mol. The quantitative estimate of drug-likeness (QED) is 0.445. The highest BCUT2D eigenvalue weighted by molar-refractivity contribution is 5.73. The standard InChI is InChI=1S/C21H25NO6/c1-12(23)27-14-5-4-13-10-15-20-6-7-21(24-2,25-3)18-19(20,16(13)17(14)28-18)8-9-22(15)11-26-20/h4-5,15,18H,6-11H2,1-3H3. The zero-order chi connectivity index (χ0) is 19.3. The first-order valence-electron chi connectivity index (χ1n) is 10.0. The van der Waals surface area contributed by atoms with E-state index in [4.69, 9.17) is 23.7 Å². The van der Waals surface area contributed by atoms with Crippen molar-refractivity contribution in [1.82, 2.24) is 4.90 Å². The molecule has 1 aromatic carbocycles. The van der Waals surface area contributed by atoms with Crippen LogP contribution in [0.3, 0.4) is 0 Å². The minimum Gasteiger partial charge on any atom is -0.479 e. The van der Waals surface area contributed by atoms with Crippen molar-refractivity contribution in [3.63, 3.8) is 0 Å². The number of methoxy groups -OCH3 is 2. The van der Waals surface area contributed by atoms with Crippen LogP contribution in [-0.2, 0) is 30.8 Å². The van der Waals surface area contributed by atoms with Gasteiger partial charge in [0.25, 0.3) is 0 Å². The van der Waals surface area contributed by atoms with Gasteiger partial charge in [0.05, 0.1) is 11.0 Å². The van der Waals surface area contributed by atoms with Gasteiger partial charge >= 0.3 is 5.97 Å². The Balaban J connectivity index is 1.65. The molecule has 150 valence electrons. The number of carbonyl (C=O) groups excluding carboxylic acids is 1. The number of esters is 1. The summed E-state index contributed by atoms with van der Waals surface area (Å²) in [7, 11) is 3.37. The van der Waals surface area contributed by atoms with Crippen LogP contribution in [0.25, 0.3) is 0 Å². The van der Waals surface area contributed by atoms with Gasteiger partial charge in [0.15, 0.2) is 17.6 Å². The van der Waals surface area contributed by atoms with E-state index in [0.29, 0.717) is 30.7 Å². The first kappa shape index (κ1) is 17.2. The molecule has 0 aromatic heterocycles. The molecule has 5 unspecified atom stereocenters. The van der Waals surface area contributed by atoms with Crippen molar-refractivity contribution in [2.75, 3.05) is 27.5 Å². The van der Waals surface area contributed by atoms with E-state index in [1.165, 1.54) is 12.5 Å². The van der Waals surface area contributed by atoms with E-state index in [9.17, 15) is 4.79 Å². The van der Waals surface area contributed by atoms with E-state index in [1.807, 2.05) is 6.07 Å². The predicted molar refractivity (Wildman–Crippen MR) is 97.3 cm³/mol. The molecule has 28 heavy (non-hydrogen) atoms. The first-order chi connectivity index (χ1) is 13.5. The smallest absolute Gasteiger partial charge is 0.308 e. The van der Waals surface area contributed by atoms with Crippen LogP contribution in [-0.4, -0.2) is 61.9 Å². The van der Waals surface area contributed by atoms with Gasteiger partial charge in [-0.25, -0.2) is 0 Å². The molecule has 0 N–H and O–H groups in total. The van der Waals surface area contributed by atoms with Crippen molar-refractivity contribution < 1.29 is 28.5 Å². The molecule has 0 radical (unpaired) electrons. The normalized spacial score (nSPS) is 40.6. The Morgan fingerprint density at radius 1 is 1.21 bits per heavy atom. The molecular formula is C21H25NO6. The minimum absolute atomic E-state index is 0.316. The fraction of sp³-hybridized carbons (Fsp3) is 0.667. The van der Waals surface area contributed by atoms with E-state index < -0.39 is 5.79 Å². The zero-order valence-electron chi connectivity index (χ0n) is 16.4. The molecule has 2 spiro atoms. The lowest BCUT2D eigenvalue weighted by molar-refractivity contribution is -0.309. The van der Waals surface area contributed by atoms with Gasteiger partial charge in [0.2, 0.25) is 5.79 Å².